The van der Waals surface area contributed by atoms with Crippen molar-refractivity contribution in [2.45, 2.75) is 0 Å². The molecule has 0 atom stereocenters. The Morgan fingerprint density at radius 1 is 0.467 bits per heavy atom. The van der Waals surface area contributed by atoms with E-state index in [1.165, 1.54) is 0 Å². The highest BCUT2D eigenvalue weighted by molar-refractivity contribution is 6.18. The number of nitrogens with zero attached hydrogens (tertiary/aromatic N) is 3. The number of rotatable bonds is 3. The van der Waals surface area contributed by atoms with Crippen LogP contribution in [-0.2, 0) is 0 Å². The predicted octanol–water partition coefficient (Wildman–Crippen LogP) is 10.7. The average Bonchev–Trinajstić information content (AvgIpc) is 3.76. The number of benzene rings is 6. The SMILES string of the molecule is c1ccc(-c2nc(-c3ccccc3-n3c4ccccc4c4cc5oc6ccccc6c5cc43)c3c(n2)oc2ccccc23)cc1. The lowest BCUT2D eigenvalue weighted by atomic mass is 10.0. The number of furan rings is 2. The molecule has 0 saturated carbocycles. The molecule has 0 aliphatic carbocycles. The molecule has 0 bridgehead atoms. The van der Waals surface area contributed by atoms with E-state index in [1.807, 2.05) is 60.7 Å². The van der Waals surface area contributed by atoms with Crippen molar-refractivity contribution >= 4 is 65.8 Å². The van der Waals surface area contributed by atoms with Crippen molar-refractivity contribution in [3.63, 3.8) is 0 Å². The van der Waals surface area contributed by atoms with Gasteiger partial charge in [0.2, 0.25) is 5.71 Å². The summed E-state index contributed by atoms with van der Waals surface area (Å²) in [6.07, 6.45) is 0. The maximum atomic E-state index is 6.36. The summed E-state index contributed by atoms with van der Waals surface area (Å²) in [6, 6.07) is 47.9. The summed E-state index contributed by atoms with van der Waals surface area (Å²) in [6.45, 7) is 0. The Balaban J connectivity index is 1.34. The molecule has 210 valence electrons. The highest BCUT2D eigenvalue weighted by Crippen LogP contribution is 2.42. The Morgan fingerprint density at radius 2 is 1.16 bits per heavy atom. The molecule has 0 aliphatic heterocycles. The maximum Gasteiger partial charge on any atom is 0.231 e. The van der Waals surface area contributed by atoms with Gasteiger partial charge < -0.3 is 13.4 Å². The minimum atomic E-state index is 0.573. The van der Waals surface area contributed by atoms with Crippen LogP contribution >= 0.6 is 0 Å². The standard InChI is InChI=1S/C40H23N3O2/c1-2-12-24(13-3-1)39-41-38(37-28-17-7-11-21-35(28)45-40(37)42-39)27-16-5-9-19-32(27)43-31-18-8-4-14-25(31)29-23-36-30(22-33(29)43)26-15-6-10-20-34(26)44-36/h1-23H. The van der Waals surface area contributed by atoms with E-state index >= 15 is 0 Å². The molecule has 0 fully saturated rings. The van der Waals surface area contributed by atoms with Gasteiger partial charge in [0.05, 0.1) is 27.8 Å². The average molecular weight is 578 g/mol. The Hall–Kier alpha value is -6.20. The summed E-state index contributed by atoms with van der Waals surface area (Å²) < 4.78 is 15.0. The molecule has 0 amide bonds. The van der Waals surface area contributed by atoms with E-state index in [1.54, 1.807) is 0 Å². The molecule has 4 heterocycles. The smallest absolute Gasteiger partial charge is 0.231 e. The van der Waals surface area contributed by atoms with E-state index in [0.29, 0.717) is 11.5 Å². The fourth-order valence-corrected chi connectivity index (χ4v) is 6.85. The van der Waals surface area contributed by atoms with Gasteiger partial charge in [-0.25, -0.2) is 4.98 Å². The zero-order chi connectivity index (χ0) is 29.5. The summed E-state index contributed by atoms with van der Waals surface area (Å²) in [5.74, 6) is 0.626. The first kappa shape index (κ1) is 24.3. The number of aromatic nitrogens is 3. The normalized spacial score (nSPS) is 12.0. The summed E-state index contributed by atoms with van der Waals surface area (Å²) in [5, 5.41) is 6.40. The molecular formula is C40H23N3O2. The minimum absolute atomic E-state index is 0.573. The lowest BCUT2D eigenvalue weighted by Crippen LogP contribution is -2.00. The Bertz CT molecular complexity index is 2770. The second-order valence-electron chi connectivity index (χ2n) is 11.4. The Kier molecular flexibility index (Phi) is 4.93. The van der Waals surface area contributed by atoms with Gasteiger partial charge in [0.1, 0.15) is 16.7 Å². The second kappa shape index (κ2) is 9.15. The summed E-state index contributed by atoms with van der Waals surface area (Å²) in [7, 11) is 0. The van der Waals surface area contributed by atoms with E-state index in [9.17, 15) is 0 Å². The van der Waals surface area contributed by atoms with Gasteiger partial charge in [-0.15, -0.1) is 0 Å². The Morgan fingerprint density at radius 3 is 2.02 bits per heavy atom. The summed E-state index contributed by atoms with van der Waals surface area (Å²) in [5.41, 5.74) is 9.14. The van der Waals surface area contributed by atoms with E-state index in [4.69, 9.17) is 18.8 Å². The molecule has 0 aliphatic rings. The predicted molar refractivity (Wildman–Crippen MR) is 182 cm³/mol. The van der Waals surface area contributed by atoms with Crippen molar-refractivity contribution in [3.05, 3.63) is 140 Å². The molecule has 0 radical (unpaired) electrons. The van der Waals surface area contributed by atoms with Gasteiger partial charge in [0.15, 0.2) is 5.82 Å². The molecule has 0 saturated heterocycles. The van der Waals surface area contributed by atoms with Gasteiger partial charge in [-0.1, -0.05) is 103 Å². The second-order valence-corrected chi connectivity index (χ2v) is 11.4. The van der Waals surface area contributed by atoms with Crippen LogP contribution in [0.3, 0.4) is 0 Å². The van der Waals surface area contributed by atoms with Crippen molar-refractivity contribution in [1.29, 1.82) is 0 Å². The zero-order valence-corrected chi connectivity index (χ0v) is 23.9. The first-order chi connectivity index (χ1) is 22.3. The van der Waals surface area contributed by atoms with Gasteiger partial charge in [-0.2, -0.15) is 4.98 Å². The van der Waals surface area contributed by atoms with Crippen molar-refractivity contribution in [2.24, 2.45) is 0 Å². The van der Waals surface area contributed by atoms with Gasteiger partial charge >= 0.3 is 0 Å². The third kappa shape index (κ3) is 3.49. The molecular weight excluding hydrogens is 554 g/mol. The number of hydrogen-bond acceptors (Lipinski definition) is 4. The number of fused-ring (bicyclic) bond motifs is 9. The van der Waals surface area contributed by atoms with E-state index in [-0.39, 0.29) is 0 Å². The van der Waals surface area contributed by atoms with Gasteiger partial charge in [0, 0.05) is 38.1 Å². The molecule has 10 aromatic rings. The molecule has 4 aromatic heterocycles. The molecule has 6 aromatic carbocycles. The van der Waals surface area contributed by atoms with Crippen LogP contribution in [0.4, 0.5) is 0 Å². The quantitative estimate of drug-likeness (QED) is 0.210. The molecule has 10 rings (SSSR count). The van der Waals surface area contributed by atoms with Crippen molar-refractivity contribution in [2.75, 3.05) is 0 Å². The van der Waals surface area contributed by atoms with E-state index in [2.05, 4.69) is 83.4 Å². The fraction of sp³-hybridized carbons (Fsp3) is 0. The van der Waals surface area contributed by atoms with Gasteiger partial charge in [-0.3, -0.25) is 0 Å². The van der Waals surface area contributed by atoms with Crippen molar-refractivity contribution in [1.82, 2.24) is 14.5 Å². The molecule has 0 spiro atoms. The lowest BCUT2D eigenvalue weighted by molar-refractivity contribution is 0.653. The van der Waals surface area contributed by atoms with Crippen LogP contribution in [-0.4, -0.2) is 14.5 Å². The van der Waals surface area contributed by atoms with E-state index in [0.717, 1.165) is 82.6 Å². The molecule has 5 heteroatoms. The van der Waals surface area contributed by atoms with Crippen molar-refractivity contribution < 1.29 is 8.83 Å². The van der Waals surface area contributed by atoms with Gasteiger partial charge in [-0.05, 0) is 36.4 Å². The number of para-hydroxylation sites is 4. The van der Waals surface area contributed by atoms with Crippen LogP contribution in [0.2, 0.25) is 0 Å². The molecule has 45 heavy (non-hydrogen) atoms. The van der Waals surface area contributed by atoms with Gasteiger partial charge in [0.25, 0.3) is 0 Å². The van der Waals surface area contributed by atoms with Crippen LogP contribution in [0, 0.1) is 0 Å². The molecule has 5 nitrogen and oxygen atoms in total. The fourth-order valence-electron chi connectivity index (χ4n) is 6.85. The third-order valence-corrected chi connectivity index (χ3v) is 8.84. The third-order valence-electron chi connectivity index (χ3n) is 8.84. The molecule has 0 unspecified atom stereocenters. The monoisotopic (exact) mass is 577 g/mol. The van der Waals surface area contributed by atoms with Crippen LogP contribution in [0.25, 0.3) is 94.1 Å². The first-order valence-electron chi connectivity index (χ1n) is 15.0. The summed E-state index contributed by atoms with van der Waals surface area (Å²) >= 11 is 0. The van der Waals surface area contributed by atoms with Crippen LogP contribution < -0.4 is 0 Å². The summed E-state index contributed by atoms with van der Waals surface area (Å²) in [4.78, 5) is 10.2. The first-order valence-corrected chi connectivity index (χ1v) is 15.0. The van der Waals surface area contributed by atoms with Crippen LogP contribution in [0.5, 0.6) is 0 Å². The highest BCUT2D eigenvalue weighted by atomic mass is 16.3. The van der Waals surface area contributed by atoms with Crippen LogP contribution in [0.15, 0.2) is 148 Å². The van der Waals surface area contributed by atoms with Crippen molar-refractivity contribution in [3.8, 4) is 28.3 Å². The topological polar surface area (TPSA) is 57.0 Å². The number of hydrogen-bond donors (Lipinski definition) is 0. The largest absolute Gasteiger partial charge is 0.456 e. The molecule has 0 N–H and O–H groups in total. The maximum absolute atomic E-state index is 6.36. The minimum Gasteiger partial charge on any atom is -0.456 e. The Labute approximate surface area is 256 Å². The van der Waals surface area contributed by atoms with Crippen LogP contribution in [0.1, 0.15) is 0 Å². The lowest BCUT2D eigenvalue weighted by Gasteiger charge is -2.15. The zero-order valence-electron chi connectivity index (χ0n) is 23.9. The van der Waals surface area contributed by atoms with E-state index < -0.39 is 0 Å². The highest BCUT2D eigenvalue weighted by Gasteiger charge is 2.23.